The van der Waals surface area contributed by atoms with E-state index in [0.717, 1.165) is 28.7 Å². The number of aryl methyl sites for hydroxylation is 2. The predicted molar refractivity (Wildman–Crippen MR) is 63.5 cm³/mol. The van der Waals surface area contributed by atoms with Crippen molar-refractivity contribution in [2.75, 3.05) is 0 Å². The Morgan fingerprint density at radius 1 is 1.00 bits per heavy atom. The van der Waals surface area contributed by atoms with Crippen LogP contribution in [-0.2, 0) is 12.8 Å². The molecule has 2 aromatic rings. The molecule has 4 heteroatoms. The lowest BCUT2D eigenvalue weighted by Crippen LogP contribution is -1.95. The van der Waals surface area contributed by atoms with Gasteiger partial charge in [0.25, 0.3) is 0 Å². The highest BCUT2D eigenvalue weighted by Gasteiger charge is 1.98. The minimum absolute atomic E-state index is 0.202. The molecule has 0 aliphatic carbocycles. The van der Waals surface area contributed by atoms with Crippen LogP contribution in [-0.4, -0.2) is 9.97 Å². The quantitative estimate of drug-likeness (QED) is 0.863. The fourth-order valence-electron chi connectivity index (χ4n) is 1.39. The van der Waals surface area contributed by atoms with Gasteiger partial charge in [-0.1, -0.05) is 12.1 Å². The van der Waals surface area contributed by atoms with Gasteiger partial charge in [0.1, 0.15) is 10.4 Å². The molecule has 1 aromatic heterocycles. The van der Waals surface area contributed by atoms with E-state index in [1.807, 2.05) is 0 Å². The van der Waals surface area contributed by atoms with Gasteiger partial charge in [-0.3, -0.25) is 4.98 Å². The monoisotopic (exact) mass is 280 g/mol. The van der Waals surface area contributed by atoms with Gasteiger partial charge in [0.05, 0.1) is 11.9 Å². The van der Waals surface area contributed by atoms with Gasteiger partial charge in [0.15, 0.2) is 0 Å². The van der Waals surface area contributed by atoms with E-state index in [-0.39, 0.29) is 5.82 Å². The average Bonchev–Trinajstić information content (AvgIpc) is 2.30. The van der Waals surface area contributed by atoms with Crippen molar-refractivity contribution >= 4 is 15.9 Å². The van der Waals surface area contributed by atoms with Crippen LogP contribution in [0.25, 0.3) is 0 Å². The van der Waals surface area contributed by atoms with Crippen molar-refractivity contribution in [2.24, 2.45) is 0 Å². The van der Waals surface area contributed by atoms with Crippen LogP contribution >= 0.6 is 15.9 Å². The molecule has 82 valence electrons. The van der Waals surface area contributed by atoms with Gasteiger partial charge >= 0.3 is 0 Å². The van der Waals surface area contributed by atoms with Crippen molar-refractivity contribution < 1.29 is 4.39 Å². The first-order valence-electron chi connectivity index (χ1n) is 4.95. The third kappa shape index (κ3) is 3.10. The molecule has 0 amide bonds. The van der Waals surface area contributed by atoms with E-state index in [4.69, 9.17) is 0 Å². The molecule has 0 atom stereocenters. The summed E-state index contributed by atoms with van der Waals surface area (Å²) < 4.78 is 13.4. The van der Waals surface area contributed by atoms with E-state index >= 15 is 0 Å². The summed E-state index contributed by atoms with van der Waals surface area (Å²) in [7, 11) is 0. The molecule has 16 heavy (non-hydrogen) atoms. The van der Waals surface area contributed by atoms with Gasteiger partial charge in [-0.15, -0.1) is 0 Å². The summed E-state index contributed by atoms with van der Waals surface area (Å²) >= 11 is 3.23. The molecule has 2 rings (SSSR count). The van der Waals surface area contributed by atoms with Crippen LogP contribution in [0, 0.1) is 5.82 Å². The number of rotatable bonds is 3. The summed E-state index contributed by atoms with van der Waals surface area (Å²) in [4.78, 5) is 8.33. The third-order valence-corrected chi connectivity index (χ3v) is 2.67. The lowest BCUT2D eigenvalue weighted by Gasteiger charge is -2.01. The Kier molecular flexibility index (Phi) is 3.62. The zero-order valence-corrected chi connectivity index (χ0v) is 10.1. The first kappa shape index (κ1) is 11.2. The van der Waals surface area contributed by atoms with Gasteiger partial charge in [0, 0.05) is 6.20 Å². The Morgan fingerprint density at radius 2 is 1.75 bits per heavy atom. The molecular formula is C12H10BrFN2. The molecule has 1 heterocycles. The SMILES string of the molecule is Fc1ccc(CCc2cnc(Br)cn2)cc1. The Hall–Kier alpha value is -1.29. The van der Waals surface area contributed by atoms with Crippen LogP contribution in [0.4, 0.5) is 4.39 Å². The molecule has 0 unspecified atom stereocenters. The number of nitrogens with zero attached hydrogens (tertiary/aromatic N) is 2. The fraction of sp³-hybridized carbons (Fsp3) is 0.167. The fourth-order valence-corrected chi connectivity index (χ4v) is 1.60. The average molecular weight is 281 g/mol. The maximum absolute atomic E-state index is 12.7. The van der Waals surface area contributed by atoms with Crippen LogP contribution < -0.4 is 0 Å². The van der Waals surface area contributed by atoms with Gasteiger partial charge in [-0.05, 0) is 46.5 Å². The van der Waals surface area contributed by atoms with Gasteiger partial charge in [0.2, 0.25) is 0 Å². The highest BCUT2D eigenvalue weighted by molar-refractivity contribution is 9.10. The highest BCUT2D eigenvalue weighted by atomic mass is 79.9. The molecule has 0 N–H and O–H groups in total. The first-order chi connectivity index (χ1) is 7.74. The second kappa shape index (κ2) is 5.16. The Morgan fingerprint density at radius 3 is 2.38 bits per heavy atom. The van der Waals surface area contributed by atoms with Crippen molar-refractivity contribution in [3.05, 3.63) is 58.3 Å². The Labute approximate surface area is 102 Å². The zero-order valence-electron chi connectivity index (χ0n) is 8.53. The second-order valence-corrected chi connectivity index (χ2v) is 4.27. The molecule has 0 spiro atoms. The van der Waals surface area contributed by atoms with Crippen molar-refractivity contribution in [3.8, 4) is 0 Å². The van der Waals surface area contributed by atoms with E-state index < -0.39 is 0 Å². The van der Waals surface area contributed by atoms with Crippen LogP contribution in [0.15, 0.2) is 41.3 Å². The number of halogens is 2. The minimum atomic E-state index is -0.202. The predicted octanol–water partition coefficient (Wildman–Crippen LogP) is 3.16. The molecule has 0 aliphatic rings. The highest BCUT2D eigenvalue weighted by Crippen LogP contribution is 2.08. The second-order valence-electron chi connectivity index (χ2n) is 3.46. The van der Waals surface area contributed by atoms with Gasteiger partial charge in [-0.25, -0.2) is 9.37 Å². The number of benzene rings is 1. The van der Waals surface area contributed by atoms with E-state index in [1.165, 1.54) is 12.1 Å². The molecule has 0 bridgehead atoms. The summed E-state index contributed by atoms with van der Waals surface area (Å²) in [6.07, 6.45) is 5.08. The van der Waals surface area contributed by atoms with E-state index in [0.29, 0.717) is 0 Å². The molecular weight excluding hydrogens is 271 g/mol. The number of hydrogen-bond donors (Lipinski definition) is 0. The zero-order chi connectivity index (χ0) is 11.4. The summed E-state index contributed by atoms with van der Waals surface area (Å²) in [5.41, 5.74) is 2.04. The minimum Gasteiger partial charge on any atom is -0.257 e. The molecule has 0 saturated heterocycles. The van der Waals surface area contributed by atoms with Gasteiger partial charge < -0.3 is 0 Å². The first-order valence-corrected chi connectivity index (χ1v) is 5.74. The van der Waals surface area contributed by atoms with Crippen LogP contribution in [0.3, 0.4) is 0 Å². The summed E-state index contributed by atoms with van der Waals surface area (Å²) in [6.45, 7) is 0. The van der Waals surface area contributed by atoms with Gasteiger partial charge in [-0.2, -0.15) is 0 Å². The molecule has 0 aliphatic heterocycles. The topological polar surface area (TPSA) is 25.8 Å². The molecule has 0 radical (unpaired) electrons. The van der Waals surface area contributed by atoms with Crippen molar-refractivity contribution in [3.63, 3.8) is 0 Å². The lowest BCUT2D eigenvalue weighted by molar-refractivity contribution is 0.627. The summed E-state index contributed by atoms with van der Waals surface area (Å²) in [5, 5.41) is 0. The van der Waals surface area contributed by atoms with E-state index in [9.17, 15) is 4.39 Å². The Balaban J connectivity index is 1.97. The maximum Gasteiger partial charge on any atom is 0.124 e. The third-order valence-electron chi connectivity index (χ3n) is 2.26. The van der Waals surface area contributed by atoms with Crippen LogP contribution in [0.1, 0.15) is 11.3 Å². The molecule has 1 aromatic carbocycles. The number of hydrogen-bond acceptors (Lipinski definition) is 2. The standard InChI is InChI=1S/C12H10BrFN2/c13-12-8-15-11(7-16-12)6-3-9-1-4-10(14)5-2-9/h1-2,4-5,7-8H,3,6H2. The maximum atomic E-state index is 12.7. The van der Waals surface area contributed by atoms with Crippen LogP contribution in [0.2, 0.25) is 0 Å². The molecule has 0 saturated carbocycles. The number of aromatic nitrogens is 2. The van der Waals surface area contributed by atoms with Crippen molar-refractivity contribution in [1.82, 2.24) is 9.97 Å². The van der Waals surface area contributed by atoms with E-state index in [1.54, 1.807) is 24.5 Å². The van der Waals surface area contributed by atoms with Crippen molar-refractivity contribution in [2.45, 2.75) is 12.8 Å². The smallest absolute Gasteiger partial charge is 0.124 e. The van der Waals surface area contributed by atoms with Crippen LogP contribution in [0.5, 0.6) is 0 Å². The summed E-state index contributed by atoms with van der Waals surface area (Å²) in [5.74, 6) is -0.202. The van der Waals surface area contributed by atoms with E-state index in [2.05, 4.69) is 25.9 Å². The molecule has 0 fully saturated rings. The lowest BCUT2D eigenvalue weighted by atomic mass is 10.1. The largest absolute Gasteiger partial charge is 0.257 e. The normalized spacial score (nSPS) is 10.4. The summed E-state index contributed by atoms with van der Waals surface area (Å²) in [6, 6.07) is 6.54. The Bertz CT molecular complexity index is 408. The molecule has 2 nitrogen and oxygen atoms in total. The van der Waals surface area contributed by atoms with Crippen molar-refractivity contribution in [1.29, 1.82) is 0 Å².